The van der Waals surface area contributed by atoms with E-state index in [2.05, 4.69) is 11.1 Å². The Morgan fingerprint density at radius 1 is 1.35 bits per heavy atom. The van der Waals surface area contributed by atoms with E-state index in [0.29, 0.717) is 5.65 Å². The number of pyridine rings is 1. The second-order valence-electron chi connectivity index (χ2n) is 3.75. The van der Waals surface area contributed by atoms with Gasteiger partial charge in [0.1, 0.15) is 0 Å². The third kappa shape index (κ3) is 1.90. The quantitative estimate of drug-likeness (QED) is 0.426. The van der Waals surface area contributed by atoms with Gasteiger partial charge in [-0.05, 0) is 13.1 Å². The van der Waals surface area contributed by atoms with Crippen LogP contribution in [0.4, 0.5) is 0 Å². The van der Waals surface area contributed by atoms with Crippen LogP contribution >= 0.6 is 0 Å². The van der Waals surface area contributed by atoms with Crippen molar-refractivity contribution in [2.45, 2.75) is 6.92 Å². The molecule has 0 N–H and O–H groups in total. The Kier molecular flexibility index (Phi) is 3.09. The molecule has 3 aromatic rings. The van der Waals surface area contributed by atoms with Gasteiger partial charge in [0, 0.05) is 31.9 Å². The van der Waals surface area contributed by atoms with Gasteiger partial charge in [-0.2, -0.15) is 0 Å². The minimum absolute atomic E-state index is 0. The smallest absolute Gasteiger partial charge is 0.249 e. The zero-order valence-corrected chi connectivity index (χ0v) is 11.5. The van der Waals surface area contributed by atoms with Crippen LogP contribution in [-0.2, 0) is 20.1 Å². The Labute approximate surface area is 111 Å². The van der Waals surface area contributed by atoms with Crippen molar-refractivity contribution in [3.05, 3.63) is 58.6 Å². The SMILES string of the molecule is Cc1cc(=O)n2ccc3ccc[c-]c3c2n1.[Ir]. The molecule has 87 valence electrons. The predicted molar refractivity (Wildman–Crippen MR) is 62.5 cm³/mol. The molecule has 0 amide bonds. The van der Waals surface area contributed by atoms with E-state index >= 15 is 0 Å². The van der Waals surface area contributed by atoms with Gasteiger partial charge >= 0.3 is 0 Å². The van der Waals surface area contributed by atoms with Crippen LogP contribution in [0.5, 0.6) is 0 Å². The average molecular weight is 401 g/mol. The van der Waals surface area contributed by atoms with Crippen LogP contribution < -0.4 is 5.56 Å². The third-order valence-electron chi connectivity index (χ3n) is 2.60. The van der Waals surface area contributed by atoms with Gasteiger partial charge in [-0.25, -0.2) is 0 Å². The number of nitrogens with zero attached hydrogens (tertiary/aromatic N) is 2. The summed E-state index contributed by atoms with van der Waals surface area (Å²) in [4.78, 5) is 16.1. The molecule has 0 spiro atoms. The Bertz CT molecular complexity index is 749. The Hall–Kier alpha value is -1.51. The Balaban J connectivity index is 0.00000108. The standard InChI is InChI=1S/C13H9N2O.Ir/c1-9-8-12(16)15-7-6-10-4-2-3-5-11(10)13(15)14-9;/h2-4,6-8H,1H3;/q-1;. The molecule has 0 aliphatic carbocycles. The van der Waals surface area contributed by atoms with E-state index in [1.165, 1.54) is 6.07 Å². The number of benzene rings is 1. The molecule has 0 saturated heterocycles. The molecule has 0 bridgehead atoms. The van der Waals surface area contributed by atoms with Gasteiger partial charge in [0.2, 0.25) is 5.56 Å². The number of hydrogen-bond acceptors (Lipinski definition) is 2. The van der Waals surface area contributed by atoms with Crippen molar-refractivity contribution < 1.29 is 20.1 Å². The van der Waals surface area contributed by atoms with Crippen LogP contribution in [0.15, 0.2) is 41.3 Å². The van der Waals surface area contributed by atoms with E-state index in [-0.39, 0.29) is 25.7 Å². The summed E-state index contributed by atoms with van der Waals surface area (Å²) in [7, 11) is 0. The number of aryl methyl sites for hydroxylation is 1. The molecule has 0 aliphatic rings. The predicted octanol–water partition coefficient (Wildman–Crippen LogP) is 1.95. The fraction of sp³-hybridized carbons (Fsp3) is 0.0769. The van der Waals surface area contributed by atoms with Gasteiger partial charge < -0.3 is 4.40 Å². The first kappa shape index (κ1) is 12.0. The van der Waals surface area contributed by atoms with Crippen molar-refractivity contribution in [1.29, 1.82) is 0 Å². The zero-order chi connectivity index (χ0) is 11.1. The van der Waals surface area contributed by atoms with Crippen molar-refractivity contribution in [1.82, 2.24) is 9.38 Å². The van der Waals surface area contributed by atoms with E-state index < -0.39 is 0 Å². The Morgan fingerprint density at radius 2 is 2.18 bits per heavy atom. The molecule has 2 aromatic heterocycles. The molecule has 1 radical (unpaired) electrons. The fourth-order valence-corrected chi connectivity index (χ4v) is 1.86. The first-order chi connectivity index (χ1) is 7.75. The number of aromatic nitrogens is 2. The number of hydrogen-bond donors (Lipinski definition) is 0. The molecular formula is C13H9IrN2O-. The summed E-state index contributed by atoms with van der Waals surface area (Å²) in [5, 5.41) is 1.92. The minimum atomic E-state index is -0.0540. The monoisotopic (exact) mass is 402 g/mol. The van der Waals surface area contributed by atoms with E-state index in [0.717, 1.165) is 16.5 Å². The number of fused-ring (bicyclic) bond motifs is 3. The second kappa shape index (κ2) is 4.40. The summed E-state index contributed by atoms with van der Waals surface area (Å²) >= 11 is 0. The molecular weight excluding hydrogens is 392 g/mol. The largest absolute Gasteiger partial charge is 0.309 e. The van der Waals surface area contributed by atoms with Gasteiger partial charge in [0.25, 0.3) is 0 Å². The van der Waals surface area contributed by atoms with Crippen molar-refractivity contribution in [3.8, 4) is 0 Å². The van der Waals surface area contributed by atoms with Crippen molar-refractivity contribution >= 4 is 16.4 Å². The summed E-state index contributed by atoms with van der Waals surface area (Å²) in [5.74, 6) is 0. The number of rotatable bonds is 0. The summed E-state index contributed by atoms with van der Waals surface area (Å²) in [6, 6.07) is 12.3. The maximum Gasteiger partial charge on any atom is 0.249 e. The van der Waals surface area contributed by atoms with Crippen LogP contribution in [0.1, 0.15) is 5.69 Å². The molecule has 0 fully saturated rings. The fourth-order valence-electron chi connectivity index (χ4n) is 1.86. The molecule has 3 rings (SSSR count). The average Bonchev–Trinajstić information content (AvgIpc) is 2.28. The van der Waals surface area contributed by atoms with Crippen LogP contribution in [-0.4, -0.2) is 9.38 Å². The molecule has 17 heavy (non-hydrogen) atoms. The molecule has 3 nitrogen and oxygen atoms in total. The van der Waals surface area contributed by atoms with Gasteiger partial charge in [-0.1, -0.05) is 6.07 Å². The van der Waals surface area contributed by atoms with Gasteiger partial charge in [0.15, 0.2) is 0 Å². The molecule has 4 heteroatoms. The molecule has 2 heterocycles. The van der Waals surface area contributed by atoms with Crippen LogP contribution in [0, 0.1) is 13.0 Å². The van der Waals surface area contributed by atoms with E-state index in [1.807, 2.05) is 31.2 Å². The topological polar surface area (TPSA) is 34.4 Å². The first-order valence-electron chi connectivity index (χ1n) is 5.05. The van der Waals surface area contributed by atoms with Crippen molar-refractivity contribution in [2.75, 3.05) is 0 Å². The molecule has 1 aromatic carbocycles. The van der Waals surface area contributed by atoms with Crippen molar-refractivity contribution in [2.24, 2.45) is 0 Å². The van der Waals surface area contributed by atoms with Crippen molar-refractivity contribution in [3.63, 3.8) is 0 Å². The maximum absolute atomic E-state index is 11.8. The summed E-state index contributed by atoms with van der Waals surface area (Å²) in [5.41, 5.74) is 1.35. The van der Waals surface area contributed by atoms with Gasteiger partial charge in [-0.15, -0.1) is 35.0 Å². The van der Waals surface area contributed by atoms with E-state index in [4.69, 9.17) is 0 Å². The third-order valence-corrected chi connectivity index (χ3v) is 2.60. The van der Waals surface area contributed by atoms with E-state index in [9.17, 15) is 4.79 Å². The summed E-state index contributed by atoms with van der Waals surface area (Å²) < 4.78 is 1.55. The zero-order valence-electron chi connectivity index (χ0n) is 9.10. The van der Waals surface area contributed by atoms with Crippen LogP contribution in [0.3, 0.4) is 0 Å². The molecule has 0 aliphatic heterocycles. The maximum atomic E-state index is 11.8. The summed E-state index contributed by atoms with van der Waals surface area (Å²) in [6.45, 7) is 1.82. The van der Waals surface area contributed by atoms with Gasteiger partial charge in [-0.3, -0.25) is 9.78 Å². The molecule has 0 atom stereocenters. The summed E-state index contributed by atoms with van der Waals surface area (Å²) in [6.07, 6.45) is 1.75. The molecule has 0 saturated carbocycles. The second-order valence-corrected chi connectivity index (χ2v) is 3.75. The Morgan fingerprint density at radius 3 is 3.00 bits per heavy atom. The first-order valence-corrected chi connectivity index (χ1v) is 5.05. The van der Waals surface area contributed by atoms with Crippen LogP contribution in [0.25, 0.3) is 16.4 Å². The molecule has 0 unspecified atom stereocenters. The van der Waals surface area contributed by atoms with E-state index in [1.54, 1.807) is 10.6 Å². The van der Waals surface area contributed by atoms with Gasteiger partial charge in [0.05, 0.1) is 5.65 Å². The normalized spacial score (nSPS) is 10.4. The minimum Gasteiger partial charge on any atom is -0.309 e. The van der Waals surface area contributed by atoms with Crippen LogP contribution in [0.2, 0.25) is 0 Å².